The van der Waals surface area contributed by atoms with Crippen molar-refractivity contribution in [2.75, 3.05) is 12.0 Å². The second-order valence-electron chi connectivity index (χ2n) is 5.01. The van der Waals surface area contributed by atoms with E-state index in [9.17, 15) is 0 Å². The molecule has 0 spiro atoms. The van der Waals surface area contributed by atoms with Gasteiger partial charge in [0.1, 0.15) is 0 Å². The fourth-order valence-corrected chi connectivity index (χ4v) is 2.27. The van der Waals surface area contributed by atoms with E-state index < -0.39 is 0 Å². The van der Waals surface area contributed by atoms with Gasteiger partial charge >= 0.3 is 0 Å². The van der Waals surface area contributed by atoms with Gasteiger partial charge in [-0.25, -0.2) is 0 Å². The lowest BCUT2D eigenvalue weighted by Gasteiger charge is -2.25. The number of benzene rings is 2. The highest BCUT2D eigenvalue weighted by Crippen LogP contribution is 2.26. The van der Waals surface area contributed by atoms with Gasteiger partial charge < -0.3 is 5.32 Å². The topological polar surface area (TPSA) is 12.0 Å². The molecular formula is C15H18BrN. The van der Waals surface area contributed by atoms with Crippen LogP contribution in [0.1, 0.15) is 19.4 Å². The van der Waals surface area contributed by atoms with Crippen molar-refractivity contribution < 1.29 is 0 Å². The highest BCUT2D eigenvalue weighted by Gasteiger charge is 2.19. The number of rotatable bonds is 4. The van der Waals surface area contributed by atoms with Gasteiger partial charge in [-0.05, 0) is 16.3 Å². The molecule has 0 saturated carbocycles. The summed E-state index contributed by atoms with van der Waals surface area (Å²) >= 11 is 3.40. The Morgan fingerprint density at radius 1 is 1.06 bits per heavy atom. The van der Waals surface area contributed by atoms with E-state index in [4.69, 9.17) is 0 Å². The lowest BCUT2D eigenvalue weighted by molar-refractivity contribution is 0.491. The summed E-state index contributed by atoms with van der Waals surface area (Å²) < 4.78 is 0. The zero-order chi connectivity index (χ0) is 12.3. The zero-order valence-electron chi connectivity index (χ0n) is 10.3. The van der Waals surface area contributed by atoms with Gasteiger partial charge in [0.15, 0.2) is 0 Å². The van der Waals surface area contributed by atoms with Crippen LogP contribution in [0.25, 0.3) is 10.8 Å². The Hall–Kier alpha value is -0.860. The van der Waals surface area contributed by atoms with Gasteiger partial charge in [-0.15, -0.1) is 0 Å². The largest absolute Gasteiger partial charge is 0.306 e. The SMILES string of the molecule is CC(C)(CNCBr)c1ccc2ccccc2c1. The molecular weight excluding hydrogens is 274 g/mol. The third kappa shape index (κ3) is 2.88. The number of nitrogens with one attached hydrogen (secondary N) is 1. The Bertz CT molecular complexity index is 505. The van der Waals surface area contributed by atoms with Gasteiger partial charge in [0.05, 0.1) is 5.45 Å². The maximum absolute atomic E-state index is 3.40. The van der Waals surface area contributed by atoms with Gasteiger partial charge in [-0.1, -0.05) is 72.2 Å². The molecule has 17 heavy (non-hydrogen) atoms. The molecule has 0 aliphatic carbocycles. The Morgan fingerprint density at radius 2 is 1.76 bits per heavy atom. The first kappa shape index (κ1) is 12.6. The van der Waals surface area contributed by atoms with Crippen molar-refractivity contribution in [3.63, 3.8) is 0 Å². The van der Waals surface area contributed by atoms with Crippen LogP contribution >= 0.6 is 15.9 Å². The summed E-state index contributed by atoms with van der Waals surface area (Å²) in [6.07, 6.45) is 0. The molecule has 1 nitrogen and oxygen atoms in total. The fraction of sp³-hybridized carbons (Fsp3) is 0.333. The van der Waals surface area contributed by atoms with Crippen LogP contribution in [-0.2, 0) is 5.41 Å². The molecule has 0 atom stereocenters. The van der Waals surface area contributed by atoms with Crippen LogP contribution in [0.15, 0.2) is 42.5 Å². The van der Waals surface area contributed by atoms with Crippen molar-refractivity contribution in [1.82, 2.24) is 5.32 Å². The van der Waals surface area contributed by atoms with Crippen LogP contribution in [0.4, 0.5) is 0 Å². The van der Waals surface area contributed by atoms with E-state index >= 15 is 0 Å². The van der Waals surface area contributed by atoms with E-state index in [1.807, 2.05) is 0 Å². The molecule has 0 amide bonds. The average molecular weight is 292 g/mol. The summed E-state index contributed by atoms with van der Waals surface area (Å²) in [5.41, 5.74) is 2.37. The average Bonchev–Trinajstić information content (AvgIpc) is 2.36. The number of halogens is 1. The van der Waals surface area contributed by atoms with E-state index in [-0.39, 0.29) is 5.41 Å². The molecule has 0 heterocycles. The van der Waals surface area contributed by atoms with E-state index in [1.54, 1.807) is 0 Å². The predicted octanol–water partition coefficient (Wildman–Crippen LogP) is 4.06. The molecule has 2 aromatic rings. The van der Waals surface area contributed by atoms with Crippen molar-refractivity contribution >= 4 is 26.7 Å². The predicted molar refractivity (Wildman–Crippen MR) is 78.8 cm³/mol. The summed E-state index contributed by atoms with van der Waals surface area (Å²) in [5.74, 6) is 0. The second-order valence-corrected chi connectivity index (χ2v) is 5.57. The first-order valence-corrected chi connectivity index (χ1v) is 7.01. The van der Waals surface area contributed by atoms with Crippen molar-refractivity contribution in [2.24, 2.45) is 0 Å². The van der Waals surface area contributed by atoms with E-state index in [0.717, 1.165) is 12.0 Å². The lowest BCUT2D eigenvalue weighted by Crippen LogP contribution is -2.32. The van der Waals surface area contributed by atoms with E-state index in [2.05, 4.69) is 77.6 Å². The van der Waals surface area contributed by atoms with Crippen molar-refractivity contribution in [2.45, 2.75) is 19.3 Å². The molecule has 2 rings (SSSR count). The third-order valence-electron chi connectivity index (χ3n) is 3.19. The molecule has 1 N–H and O–H groups in total. The lowest BCUT2D eigenvalue weighted by atomic mass is 9.83. The molecule has 0 aliphatic heterocycles. The van der Waals surface area contributed by atoms with Gasteiger partial charge in [-0.3, -0.25) is 0 Å². The summed E-state index contributed by atoms with van der Waals surface area (Å²) in [4.78, 5) is 0. The molecule has 2 heteroatoms. The van der Waals surface area contributed by atoms with Crippen LogP contribution in [0.5, 0.6) is 0 Å². The second kappa shape index (κ2) is 5.19. The van der Waals surface area contributed by atoms with Crippen molar-refractivity contribution in [1.29, 1.82) is 0 Å². The quantitative estimate of drug-likeness (QED) is 0.662. The maximum atomic E-state index is 3.40. The molecule has 0 aromatic heterocycles. The third-order valence-corrected chi connectivity index (χ3v) is 3.59. The van der Waals surface area contributed by atoms with Crippen LogP contribution in [0, 0.1) is 0 Å². The highest BCUT2D eigenvalue weighted by atomic mass is 79.9. The Balaban J connectivity index is 2.35. The molecule has 0 aliphatic rings. The minimum atomic E-state index is 0.151. The summed E-state index contributed by atoms with van der Waals surface area (Å²) in [6.45, 7) is 5.51. The van der Waals surface area contributed by atoms with Crippen molar-refractivity contribution in [3.05, 3.63) is 48.0 Å². The Labute approximate surface area is 111 Å². The fourth-order valence-electron chi connectivity index (χ4n) is 2.07. The molecule has 2 aromatic carbocycles. The van der Waals surface area contributed by atoms with Gasteiger partial charge in [0.25, 0.3) is 0 Å². The van der Waals surface area contributed by atoms with Crippen LogP contribution in [0.3, 0.4) is 0 Å². The normalized spacial score (nSPS) is 11.9. The first-order valence-electron chi connectivity index (χ1n) is 5.89. The maximum Gasteiger partial charge on any atom is 0.0517 e. The van der Waals surface area contributed by atoms with E-state index in [0.29, 0.717) is 0 Å². The number of hydrogen-bond acceptors (Lipinski definition) is 1. The van der Waals surface area contributed by atoms with Crippen LogP contribution in [-0.4, -0.2) is 12.0 Å². The van der Waals surface area contributed by atoms with Gasteiger partial charge in [-0.2, -0.15) is 0 Å². The van der Waals surface area contributed by atoms with E-state index in [1.165, 1.54) is 16.3 Å². The summed E-state index contributed by atoms with van der Waals surface area (Å²) in [6, 6.07) is 15.2. The van der Waals surface area contributed by atoms with Gasteiger partial charge in [0, 0.05) is 12.0 Å². The summed E-state index contributed by atoms with van der Waals surface area (Å²) in [5, 5.41) is 5.97. The number of fused-ring (bicyclic) bond motifs is 1. The number of hydrogen-bond donors (Lipinski definition) is 1. The van der Waals surface area contributed by atoms with Crippen LogP contribution < -0.4 is 5.32 Å². The molecule has 0 fully saturated rings. The molecule has 0 radical (unpaired) electrons. The number of alkyl halides is 1. The molecule has 0 bridgehead atoms. The highest BCUT2D eigenvalue weighted by molar-refractivity contribution is 9.09. The minimum absolute atomic E-state index is 0.151. The Morgan fingerprint density at radius 3 is 2.47 bits per heavy atom. The molecule has 0 unspecified atom stereocenters. The Kier molecular flexibility index (Phi) is 3.85. The van der Waals surface area contributed by atoms with Crippen molar-refractivity contribution in [3.8, 4) is 0 Å². The van der Waals surface area contributed by atoms with Crippen LogP contribution in [0.2, 0.25) is 0 Å². The monoisotopic (exact) mass is 291 g/mol. The summed E-state index contributed by atoms with van der Waals surface area (Å²) in [7, 11) is 0. The smallest absolute Gasteiger partial charge is 0.0517 e. The molecule has 90 valence electrons. The standard InChI is InChI=1S/C15H18BrN/c1-15(2,10-17-11-16)14-8-7-12-5-3-4-6-13(12)9-14/h3-9,17H,10-11H2,1-2H3. The minimum Gasteiger partial charge on any atom is -0.306 e. The first-order chi connectivity index (χ1) is 8.13. The van der Waals surface area contributed by atoms with Gasteiger partial charge in [0.2, 0.25) is 0 Å². The molecule has 0 saturated heterocycles. The zero-order valence-corrected chi connectivity index (χ0v) is 11.9.